The highest BCUT2D eigenvalue weighted by atomic mass is 32.1. The number of amides is 1. The highest BCUT2D eigenvalue weighted by Gasteiger charge is 2.26. The van der Waals surface area contributed by atoms with E-state index in [0.29, 0.717) is 10.6 Å². The molecule has 0 saturated heterocycles. The van der Waals surface area contributed by atoms with E-state index < -0.39 is 0 Å². The van der Waals surface area contributed by atoms with Gasteiger partial charge in [0.15, 0.2) is 0 Å². The molecule has 170 valence electrons. The first-order chi connectivity index (χ1) is 16.1. The summed E-state index contributed by atoms with van der Waals surface area (Å²) < 4.78 is 5.89. The van der Waals surface area contributed by atoms with Crippen molar-refractivity contribution in [2.45, 2.75) is 46.2 Å². The zero-order valence-corrected chi connectivity index (χ0v) is 20.0. The monoisotopic (exact) mass is 459 g/mol. The van der Waals surface area contributed by atoms with Crippen LogP contribution in [-0.4, -0.2) is 17.4 Å². The highest BCUT2D eigenvalue weighted by molar-refractivity contribution is 7.16. The second kappa shape index (κ2) is 10.7. The molecule has 0 unspecified atom stereocenters. The molecule has 0 atom stereocenters. The number of fused-ring (bicyclic) bond motifs is 1. The van der Waals surface area contributed by atoms with E-state index in [0.717, 1.165) is 56.0 Å². The maximum atomic E-state index is 12.6. The van der Waals surface area contributed by atoms with E-state index in [-0.39, 0.29) is 11.8 Å². The Bertz CT molecular complexity index is 1130. The van der Waals surface area contributed by atoms with E-state index in [1.807, 2.05) is 56.3 Å². The SMILES string of the molecule is CCC(CC)C(=O)Nc1sc2c(c1C#N)CCN(Cc1ccc(Oc3ccccc3)cc1)C2. The van der Waals surface area contributed by atoms with Gasteiger partial charge in [0.25, 0.3) is 0 Å². The standard InChI is InChI=1S/C27H29N3O2S/c1-3-20(4-2)26(31)29-27-24(16-28)23-14-15-30(18-25(23)33-27)17-19-10-12-22(13-11-19)32-21-8-6-5-7-9-21/h5-13,20H,3-4,14-15,17-18H2,1-2H3,(H,29,31). The maximum Gasteiger partial charge on any atom is 0.228 e. The first-order valence-corrected chi connectivity index (χ1v) is 12.3. The number of nitriles is 1. The van der Waals surface area contributed by atoms with Crippen molar-refractivity contribution in [1.82, 2.24) is 4.90 Å². The molecule has 0 fully saturated rings. The number of ether oxygens (including phenoxy) is 1. The zero-order valence-electron chi connectivity index (χ0n) is 19.1. The van der Waals surface area contributed by atoms with Gasteiger partial charge in [-0.25, -0.2) is 0 Å². The number of para-hydroxylation sites is 1. The minimum atomic E-state index is -0.0130. The van der Waals surface area contributed by atoms with Crippen molar-refractivity contribution < 1.29 is 9.53 Å². The molecule has 2 aromatic carbocycles. The zero-order chi connectivity index (χ0) is 23.2. The van der Waals surface area contributed by atoms with Gasteiger partial charge >= 0.3 is 0 Å². The molecule has 2 heterocycles. The molecular weight excluding hydrogens is 430 g/mol. The van der Waals surface area contributed by atoms with Crippen LogP contribution in [0, 0.1) is 17.2 Å². The van der Waals surface area contributed by atoms with Crippen LogP contribution in [0.25, 0.3) is 0 Å². The molecule has 33 heavy (non-hydrogen) atoms. The summed E-state index contributed by atoms with van der Waals surface area (Å²) in [7, 11) is 0. The van der Waals surface area contributed by atoms with Crippen LogP contribution in [0.3, 0.4) is 0 Å². The smallest absolute Gasteiger partial charge is 0.228 e. The Morgan fingerprint density at radius 3 is 2.48 bits per heavy atom. The first-order valence-electron chi connectivity index (χ1n) is 11.5. The second-order valence-corrected chi connectivity index (χ2v) is 9.45. The van der Waals surface area contributed by atoms with Crippen LogP contribution in [0.5, 0.6) is 11.5 Å². The highest BCUT2D eigenvalue weighted by Crippen LogP contribution is 2.37. The Kier molecular flexibility index (Phi) is 7.43. The molecule has 5 nitrogen and oxygen atoms in total. The number of nitrogens with one attached hydrogen (secondary N) is 1. The summed E-state index contributed by atoms with van der Waals surface area (Å²) >= 11 is 1.56. The lowest BCUT2D eigenvalue weighted by molar-refractivity contribution is -0.120. The summed E-state index contributed by atoms with van der Waals surface area (Å²) in [6, 6.07) is 20.3. The van der Waals surface area contributed by atoms with Crippen molar-refractivity contribution in [3.05, 3.63) is 76.2 Å². The molecule has 1 aromatic heterocycles. The third-order valence-corrected chi connectivity index (χ3v) is 7.28. The number of carbonyl (C=O) groups is 1. The number of hydrogen-bond acceptors (Lipinski definition) is 5. The van der Waals surface area contributed by atoms with Gasteiger partial charge in [0.2, 0.25) is 5.91 Å². The normalized spacial score (nSPS) is 13.4. The van der Waals surface area contributed by atoms with Gasteiger partial charge in [-0.05, 0) is 54.7 Å². The molecule has 1 N–H and O–H groups in total. The van der Waals surface area contributed by atoms with Gasteiger partial charge in [0.05, 0.1) is 5.56 Å². The lowest BCUT2D eigenvalue weighted by Crippen LogP contribution is -2.29. The number of hydrogen-bond donors (Lipinski definition) is 1. The fraction of sp³-hybridized carbons (Fsp3) is 0.333. The van der Waals surface area contributed by atoms with Crippen molar-refractivity contribution in [2.75, 3.05) is 11.9 Å². The van der Waals surface area contributed by atoms with Crippen LogP contribution in [-0.2, 0) is 24.3 Å². The number of benzene rings is 2. The molecule has 0 aliphatic carbocycles. The third kappa shape index (κ3) is 5.44. The molecule has 3 aromatic rings. The van der Waals surface area contributed by atoms with E-state index in [1.165, 1.54) is 10.4 Å². The minimum absolute atomic E-state index is 0.0130. The molecule has 1 amide bonds. The lowest BCUT2D eigenvalue weighted by Gasteiger charge is -2.26. The van der Waals surface area contributed by atoms with Crippen molar-refractivity contribution in [3.63, 3.8) is 0 Å². The summed E-state index contributed by atoms with van der Waals surface area (Å²) in [5.74, 6) is 1.65. The average Bonchev–Trinajstić information content (AvgIpc) is 3.18. The largest absolute Gasteiger partial charge is 0.457 e. The molecule has 0 saturated carbocycles. The van der Waals surface area contributed by atoms with Crippen LogP contribution in [0.2, 0.25) is 0 Å². The Balaban J connectivity index is 1.41. The molecule has 4 rings (SSSR count). The van der Waals surface area contributed by atoms with E-state index in [9.17, 15) is 10.1 Å². The molecular formula is C27H29N3O2S. The number of rotatable bonds is 8. The van der Waals surface area contributed by atoms with E-state index in [1.54, 1.807) is 11.3 Å². The van der Waals surface area contributed by atoms with Crippen LogP contribution in [0.4, 0.5) is 5.00 Å². The van der Waals surface area contributed by atoms with E-state index in [2.05, 4.69) is 28.4 Å². The number of carbonyl (C=O) groups excluding carboxylic acids is 1. The van der Waals surface area contributed by atoms with Crippen LogP contribution >= 0.6 is 11.3 Å². The number of nitrogens with zero attached hydrogens (tertiary/aromatic N) is 2. The topological polar surface area (TPSA) is 65.4 Å². The van der Waals surface area contributed by atoms with Crippen LogP contribution in [0.1, 0.15) is 48.3 Å². The summed E-state index contributed by atoms with van der Waals surface area (Å²) in [4.78, 5) is 16.1. The predicted molar refractivity (Wildman–Crippen MR) is 133 cm³/mol. The van der Waals surface area contributed by atoms with Gasteiger partial charge in [-0.1, -0.05) is 44.2 Å². The fourth-order valence-electron chi connectivity index (χ4n) is 4.22. The second-order valence-electron chi connectivity index (χ2n) is 8.34. The Morgan fingerprint density at radius 1 is 1.12 bits per heavy atom. The number of anilines is 1. The predicted octanol–water partition coefficient (Wildman–Crippen LogP) is 6.35. The molecule has 0 bridgehead atoms. The van der Waals surface area contributed by atoms with Gasteiger partial charge < -0.3 is 10.1 Å². The van der Waals surface area contributed by atoms with Gasteiger partial charge in [-0.15, -0.1) is 11.3 Å². The third-order valence-electron chi connectivity index (χ3n) is 6.15. The molecule has 0 radical (unpaired) electrons. The first kappa shape index (κ1) is 23.0. The quantitative estimate of drug-likeness (QED) is 0.426. The minimum Gasteiger partial charge on any atom is -0.457 e. The molecule has 1 aliphatic rings. The van der Waals surface area contributed by atoms with Crippen LogP contribution < -0.4 is 10.1 Å². The summed E-state index contributed by atoms with van der Waals surface area (Å²) in [6.45, 7) is 6.56. The molecule has 6 heteroatoms. The van der Waals surface area contributed by atoms with Gasteiger partial charge in [-0.2, -0.15) is 5.26 Å². The number of thiophene rings is 1. The van der Waals surface area contributed by atoms with Crippen molar-refractivity contribution in [2.24, 2.45) is 5.92 Å². The van der Waals surface area contributed by atoms with E-state index in [4.69, 9.17) is 4.74 Å². The Hall–Kier alpha value is -3.14. The van der Waals surface area contributed by atoms with Gasteiger partial charge in [-0.3, -0.25) is 9.69 Å². The Labute approximate surface area is 199 Å². The van der Waals surface area contributed by atoms with Crippen molar-refractivity contribution in [1.29, 1.82) is 5.26 Å². The summed E-state index contributed by atoms with van der Waals surface area (Å²) in [5.41, 5.74) is 2.97. The molecule has 0 spiro atoms. The van der Waals surface area contributed by atoms with Crippen molar-refractivity contribution in [3.8, 4) is 17.6 Å². The van der Waals surface area contributed by atoms with Gasteiger partial charge in [0, 0.05) is 30.4 Å². The fourth-order valence-corrected chi connectivity index (χ4v) is 5.46. The average molecular weight is 460 g/mol. The van der Waals surface area contributed by atoms with Crippen molar-refractivity contribution >= 4 is 22.2 Å². The van der Waals surface area contributed by atoms with Gasteiger partial charge in [0.1, 0.15) is 22.6 Å². The maximum absolute atomic E-state index is 12.6. The summed E-state index contributed by atoms with van der Waals surface area (Å²) in [6.07, 6.45) is 2.43. The lowest BCUT2D eigenvalue weighted by atomic mass is 10.0. The van der Waals surface area contributed by atoms with E-state index >= 15 is 0 Å². The van der Waals surface area contributed by atoms with Crippen LogP contribution in [0.15, 0.2) is 54.6 Å². The Morgan fingerprint density at radius 2 is 1.82 bits per heavy atom. The summed E-state index contributed by atoms with van der Waals surface area (Å²) in [5, 5.41) is 13.5. The molecule has 1 aliphatic heterocycles.